The molecule has 4 nitrogen and oxygen atoms in total. The van der Waals surface area contributed by atoms with E-state index in [9.17, 15) is 4.79 Å². The smallest absolute Gasteiger partial charge is 0.255 e. The average Bonchev–Trinajstić information content (AvgIpc) is 2.84. The molecule has 1 N–H and O–H groups in total. The molecule has 0 saturated carbocycles. The van der Waals surface area contributed by atoms with E-state index >= 15 is 0 Å². The first-order valence-corrected chi connectivity index (χ1v) is 6.11. The van der Waals surface area contributed by atoms with Crippen molar-refractivity contribution in [3.05, 3.63) is 42.2 Å². The minimum atomic E-state index is 0.0867. The highest BCUT2D eigenvalue weighted by Gasteiger charge is 2.24. The molecule has 1 saturated heterocycles. The number of rotatable bonds is 1. The summed E-state index contributed by atoms with van der Waals surface area (Å²) >= 11 is 0. The van der Waals surface area contributed by atoms with Gasteiger partial charge >= 0.3 is 0 Å². The van der Waals surface area contributed by atoms with E-state index in [-0.39, 0.29) is 5.91 Å². The van der Waals surface area contributed by atoms with E-state index < -0.39 is 0 Å². The Morgan fingerprint density at radius 2 is 2.33 bits per heavy atom. The summed E-state index contributed by atoms with van der Waals surface area (Å²) in [6.45, 7) is 3.47. The molecule has 0 radical (unpaired) electrons. The first kappa shape index (κ1) is 11.2. The van der Waals surface area contributed by atoms with E-state index in [1.54, 1.807) is 12.4 Å². The molecule has 0 bridgehead atoms. The van der Waals surface area contributed by atoms with Crippen LogP contribution in [0.1, 0.15) is 17.3 Å². The van der Waals surface area contributed by atoms with Crippen molar-refractivity contribution in [1.29, 1.82) is 0 Å². The Morgan fingerprint density at radius 1 is 1.44 bits per heavy atom. The fourth-order valence-electron chi connectivity index (χ4n) is 2.36. The van der Waals surface area contributed by atoms with Gasteiger partial charge in [0.25, 0.3) is 5.91 Å². The average molecular weight is 241 g/mol. The molecule has 4 heteroatoms. The van der Waals surface area contributed by atoms with Crippen molar-refractivity contribution < 1.29 is 4.79 Å². The molecule has 92 valence electrons. The molecule has 18 heavy (non-hydrogen) atoms. The summed E-state index contributed by atoms with van der Waals surface area (Å²) in [5.74, 6) is 0.0867. The fraction of sp³-hybridized carbons (Fsp3) is 0.286. The zero-order valence-electron chi connectivity index (χ0n) is 10.3. The van der Waals surface area contributed by atoms with Gasteiger partial charge in [-0.15, -0.1) is 0 Å². The van der Waals surface area contributed by atoms with E-state index in [2.05, 4.69) is 17.2 Å². The van der Waals surface area contributed by atoms with E-state index in [4.69, 9.17) is 0 Å². The second kappa shape index (κ2) is 4.38. The van der Waals surface area contributed by atoms with Gasteiger partial charge in [0, 0.05) is 35.9 Å². The molecule has 0 spiro atoms. The molecular weight excluding hydrogens is 226 g/mol. The second-order valence-electron chi connectivity index (χ2n) is 4.69. The lowest BCUT2D eigenvalue weighted by Crippen LogP contribution is -2.29. The molecule has 1 aromatic carbocycles. The third-order valence-electron chi connectivity index (χ3n) is 3.32. The highest BCUT2D eigenvalue weighted by Crippen LogP contribution is 2.19. The predicted molar refractivity (Wildman–Crippen MR) is 70.2 cm³/mol. The van der Waals surface area contributed by atoms with Gasteiger partial charge < -0.3 is 4.90 Å². The number of benzene rings is 1. The number of hydrogen-bond acceptors (Lipinski definition) is 3. The summed E-state index contributed by atoms with van der Waals surface area (Å²) in [4.78, 5) is 18.4. The quantitative estimate of drug-likeness (QED) is 0.825. The van der Waals surface area contributed by atoms with Crippen molar-refractivity contribution >= 4 is 16.7 Å². The summed E-state index contributed by atoms with van der Waals surface area (Å²) < 4.78 is 0. The third-order valence-corrected chi connectivity index (χ3v) is 3.32. The number of fused-ring (bicyclic) bond motifs is 1. The van der Waals surface area contributed by atoms with Crippen LogP contribution in [0.3, 0.4) is 0 Å². The fourth-order valence-corrected chi connectivity index (χ4v) is 2.36. The Balaban J connectivity index is 2.01. The van der Waals surface area contributed by atoms with Crippen LogP contribution in [0.4, 0.5) is 0 Å². The van der Waals surface area contributed by atoms with Crippen molar-refractivity contribution in [1.82, 2.24) is 15.2 Å². The molecule has 1 aliphatic rings. The van der Waals surface area contributed by atoms with Gasteiger partial charge in [-0.1, -0.05) is 12.1 Å². The maximum absolute atomic E-state index is 12.5. The van der Waals surface area contributed by atoms with E-state index in [1.807, 2.05) is 29.2 Å². The van der Waals surface area contributed by atoms with Gasteiger partial charge in [-0.25, -0.2) is 0 Å². The van der Waals surface area contributed by atoms with E-state index in [1.165, 1.54) is 0 Å². The molecule has 2 aromatic rings. The van der Waals surface area contributed by atoms with Crippen LogP contribution in [-0.2, 0) is 0 Å². The molecule has 1 fully saturated rings. The Kier molecular flexibility index (Phi) is 2.72. The standard InChI is InChI=1S/C14H15N3O/c1-10-8-17(9-16-10)14(18)13-4-2-3-11-7-15-6-5-12(11)13/h2-7,10,16H,8-9H2,1H3. The molecule has 1 atom stereocenters. The summed E-state index contributed by atoms with van der Waals surface area (Å²) in [7, 11) is 0. The maximum Gasteiger partial charge on any atom is 0.255 e. The molecular formula is C14H15N3O. The van der Waals surface area contributed by atoms with Crippen LogP contribution in [0.15, 0.2) is 36.7 Å². The normalized spacial score (nSPS) is 19.4. The van der Waals surface area contributed by atoms with Crippen LogP contribution < -0.4 is 5.32 Å². The number of pyridine rings is 1. The van der Waals surface area contributed by atoms with Crippen molar-refractivity contribution in [3.63, 3.8) is 0 Å². The van der Waals surface area contributed by atoms with Gasteiger partial charge in [0.1, 0.15) is 0 Å². The van der Waals surface area contributed by atoms with Gasteiger partial charge in [0.15, 0.2) is 0 Å². The van der Waals surface area contributed by atoms with Crippen LogP contribution in [0.25, 0.3) is 10.8 Å². The topological polar surface area (TPSA) is 45.2 Å². The maximum atomic E-state index is 12.5. The number of hydrogen-bond donors (Lipinski definition) is 1. The number of amides is 1. The number of nitrogens with zero attached hydrogens (tertiary/aromatic N) is 2. The second-order valence-corrected chi connectivity index (χ2v) is 4.69. The Morgan fingerprint density at radius 3 is 3.11 bits per heavy atom. The molecule has 2 heterocycles. The zero-order chi connectivity index (χ0) is 12.5. The third kappa shape index (κ3) is 1.84. The molecule has 1 aliphatic heterocycles. The highest BCUT2D eigenvalue weighted by molar-refractivity contribution is 6.06. The van der Waals surface area contributed by atoms with Crippen LogP contribution in [0.2, 0.25) is 0 Å². The van der Waals surface area contributed by atoms with E-state index in [0.29, 0.717) is 12.7 Å². The summed E-state index contributed by atoms with van der Waals surface area (Å²) in [5.41, 5.74) is 0.755. The minimum Gasteiger partial charge on any atom is -0.324 e. The first-order chi connectivity index (χ1) is 8.75. The Hall–Kier alpha value is -1.94. The van der Waals surface area contributed by atoms with Gasteiger partial charge in [-0.3, -0.25) is 15.1 Å². The van der Waals surface area contributed by atoms with Gasteiger partial charge in [0.2, 0.25) is 0 Å². The summed E-state index contributed by atoms with van der Waals surface area (Å²) in [6, 6.07) is 8.03. The molecule has 3 rings (SSSR count). The highest BCUT2D eigenvalue weighted by atomic mass is 16.2. The lowest BCUT2D eigenvalue weighted by atomic mass is 10.1. The van der Waals surface area contributed by atoms with Crippen molar-refractivity contribution in [2.45, 2.75) is 13.0 Å². The SMILES string of the molecule is CC1CN(C(=O)c2cccc3cnccc23)CN1. The Bertz CT molecular complexity index is 591. The van der Waals surface area contributed by atoms with Crippen LogP contribution in [0.5, 0.6) is 0 Å². The van der Waals surface area contributed by atoms with Crippen molar-refractivity contribution in [2.75, 3.05) is 13.2 Å². The number of carbonyl (C=O) groups excluding carboxylic acids is 1. The minimum absolute atomic E-state index is 0.0867. The van der Waals surface area contributed by atoms with Crippen molar-refractivity contribution in [3.8, 4) is 0 Å². The number of carbonyl (C=O) groups is 1. The number of aromatic nitrogens is 1. The van der Waals surface area contributed by atoms with Crippen LogP contribution in [0, 0.1) is 0 Å². The number of nitrogens with one attached hydrogen (secondary N) is 1. The monoisotopic (exact) mass is 241 g/mol. The summed E-state index contributed by atoms with van der Waals surface area (Å²) in [6.07, 6.45) is 3.51. The lowest BCUT2D eigenvalue weighted by Gasteiger charge is -2.16. The molecule has 1 aromatic heterocycles. The van der Waals surface area contributed by atoms with Crippen LogP contribution in [-0.4, -0.2) is 35.0 Å². The molecule has 1 amide bonds. The van der Waals surface area contributed by atoms with Gasteiger partial charge in [-0.05, 0) is 24.4 Å². The predicted octanol–water partition coefficient (Wildman–Crippen LogP) is 1.63. The lowest BCUT2D eigenvalue weighted by molar-refractivity contribution is 0.0791. The van der Waals surface area contributed by atoms with Gasteiger partial charge in [0.05, 0.1) is 6.67 Å². The Labute approximate surface area is 106 Å². The molecule has 0 aliphatic carbocycles. The largest absolute Gasteiger partial charge is 0.324 e. The first-order valence-electron chi connectivity index (χ1n) is 6.11. The van der Waals surface area contributed by atoms with Gasteiger partial charge in [-0.2, -0.15) is 0 Å². The van der Waals surface area contributed by atoms with E-state index in [0.717, 1.165) is 22.9 Å². The zero-order valence-corrected chi connectivity index (χ0v) is 10.3. The molecule has 1 unspecified atom stereocenters. The summed E-state index contributed by atoms with van der Waals surface area (Å²) in [5, 5.41) is 5.23. The van der Waals surface area contributed by atoms with Crippen molar-refractivity contribution in [2.24, 2.45) is 0 Å². The van der Waals surface area contributed by atoms with Crippen LogP contribution >= 0.6 is 0 Å².